The Hall–Kier alpha value is -3.60. The molecule has 3 fully saturated rings. The molecule has 2 saturated carbocycles. The van der Waals surface area contributed by atoms with Crippen LogP contribution in [0.25, 0.3) is 21.6 Å². The average Bonchev–Trinajstić information content (AvgIpc) is 3.96. The number of fused-ring (bicyclic) bond motifs is 3. The lowest BCUT2D eigenvalue weighted by Crippen LogP contribution is -2.56. The van der Waals surface area contributed by atoms with E-state index in [-0.39, 0.29) is 31.1 Å². The second-order valence-electron chi connectivity index (χ2n) is 14.6. The van der Waals surface area contributed by atoms with E-state index in [2.05, 4.69) is 23.9 Å². The first-order chi connectivity index (χ1) is 24.7. The molecule has 1 aromatic carbocycles. The number of amides is 2. The zero-order valence-electron chi connectivity index (χ0n) is 29.8. The number of allylic oxidation sites excluding steroid dienone is 1. The van der Waals surface area contributed by atoms with Gasteiger partial charge in [-0.15, -0.1) is 11.3 Å². The summed E-state index contributed by atoms with van der Waals surface area (Å²) in [5.74, 6) is -0.660. The van der Waals surface area contributed by atoms with Crippen molar-refractivity contribution in [1.82, 2.24) is 24.3 Å². The minimum atomic E-state index is -3.92. The summed E-state index contributed by atoms with van der Waals surface area (Å²) in [6, 6.07) is 4.31. The van der Waals surface area contributed by atoms with Crippen molar-refractivity contribution in [3.05, 3.63) is 47.0 Å². The first-order valence-corrected chi connectivity index (χ1v) is 21.9. The molecular weight excluding hydrogens is 727 g/mol. The standard InChI is InChI=1S/C36H45N5O8S3/c1-21(2)28-20-50-34(38-28)27-17-31(26-13-14-30(48-4)22(3)32(26)37-27)49-24-16-29-33(42)39-36(35(43)40-52(46,47)25-11-12-25)18-23(36)10-8-6-5-7-9-15-51(44,45)41(29)19-24/h8,10,13-14,17,20-21,23-25,29H,5-7,9,11-12,15-16,18-19H2,1-4H3,(H,39,42)(H,40,43)/b10-8-/t23-,24-,29+,36-/m1/s1. The Bertz CT molecular complexity index is 2150. The van der Waals surface area contributed by atoms with Gasteiger partial charge in [0.05, 0.1) is 35.9 Å². The van der Waals surface area contributed by atoms with Crippen LogP contribution in [-0.4, -0.2) is 85.3 Å². The van der Waals surface area contributed by atoms with Gasteiger partial charge in [0.1, 0.15) is 39.9 Å². The van der Waals surface area contributed by atoms with Gasteiger partial charge in [0, 0.05) is 34.7 Å². The molecule has 0 unspecified atom stereocenters. The maximum atomic E-state index is 14.2. The van der Waals surface area contributed by atoms with Crippen LogP contribution in [-0.2, 0) is 29.6 Å². The molecule has 4 atom stereocenters. The van der Waals surface area contributed by atoms with Gasteiger partial charge in [0.2, 0.25) is 26.0 Å². The molecule has 2 N–H and O–H groups in total. The predicted octanol–water partition coefficient (Wildman–Crippen LogP) is 4.56. The summed E-state index contributed by atoms with van der Waals surface area (Å²) in [4.78, 5) is 37.5. The van der Waals surface area contributed by atoms with E-state index in [9.17, 15) is 26.4 Å². The second-order valence-corrected chi connectivity index (χ2v) is 19.5. The molecule has 16 heteroatoms. The monoisotopic (exact) mass is 771 g/mol. The summed E-state index contributed by atoms with van der Waals surface area (Å²) in [5.41, 5.74) is 1.50. The Morgan fingerprint density at radius 3 is 2.65 bits per heavy atom. The molecule has 13 nitrogen and oxygen atoms in total. The highest BCUT2D eigenvalue weighted by Gasteiger charge is 2.62. The van der Waals surface area contributed by atoms with Crippen molar-refractivity contribution < 1.29 is 35.9 Å². The quantitative estimate of drug-likeness (QED) is 0.309. The smallest absolute Gasteiger partial charge is 0.259 e. The number of pyridine rings is 1. The van der Waals surface area contributed by atoms with Gasteiger partial charge >= 0.3 is 0 Å². The van der Waals surface area contributed by atoms with E-state index in [4.69, 9.17) is 19.4 Å². The molecule has 1 saturated heterocycles. The van der Waals surface area contributed by atoms with Crippen LogP contribution in [0.15, 0.2) is 35.7 Å². The lowest BCUT2D eigenvalue weighted by atomic mass is 10.1. The Labute approximate surface area is 308 Å². The third-order valence-corrected chi connectivity index (χ3v) is 15.1. The van der Waals surface area contributed by atoms with E-state index < -0.39 is 60.7 Å². The number of aryl methyl sites for hydroxylation is 1. The first-order valence-electron chi connectivity index (χ1n) is 17.9. The van der Waals surface area contributed by atoms with E-state index in [1.54, 1.807) is 13.2 Å². The van der Waals surface area contributed by atoms with E-state index in [1.807, 2.05) is 36.6 Å². The summed E-state index contributed by atoms with van der Waals surface area (Å²) in [6.07, 6.45) is 6.80. The molecule has 2 amide bonds. The minimum absolute atomic E-state index is 0.0205. The minimum Gasteiger partial charge on any atom is -0.496 e. The number of sulfonamides is 2. The first kappa shape index (κ1) is 36.7. The number of ether oxygens (including phenoxy) is 2. The zero-order chi connectivity index (χ0) is 37.0. The molecule has 3 aromatic rings. The Balaban J connectivity index is 1.22. The number of thiazole rings is 1. The van der Waals surface area contributed by atoms with E-state index in [0.29, 0.717) is 65.2 Å². The van der Waals surface area contributed by atoms with Crippen molar-refractivity contribution in [3.8, 4) is 22.2 Å². The number of aromatic nitrogens is 2. The van der Waals surface area contributed by atoms with Crippen LogP contribution < -0.4 is 19.5 Å². The zero-order valence-corrected chi connectivity index (χ0v) is 32.2. The fourth-order valence-corrected chi connectivity index (χ4v) is 11.2. The molecule has 0 spiro atoms. The summed E-state index contributed by atoms with van der Waals surface area (Å²) < 4.78 is 68.9. The molecule has 280 valence electrons. The summed E-state index contributed by atoms with van der Waals surface area (Å²) in [5, 5.41) is 5.62. The van der Waals surface area contributed by atoms with Crippen molar-refractivity contribution in [2.75, 3.05) is 19.4 Å². The van der Waals surface area contributed by atoms with E-state index >= 15 is 0 Å². The number of carbonyl (C=O) groups is 2. The highest BCUT2D eigenvalue weighted by atomic mass is 32.2. The van der Waals surface area contributed by atoms with Gasteiger partial charge in [-0.1, -0.05) is 32.4 Å². The van der Waals surface area contributed by atoms with Crippen LogP contribution in [0.5, 0.6) is 11.5 Å². The molecular formula is C36H45N5O8S3. The van der Waals surface area contributed by atoms with Gasteiger partial charge in [0.25, 0.3) is 5.91 Å². The number of rotatable bonds is 8. The van der Waals surface area contributed by atoms with Crippen LogP contribution in [0.3, 0.4) is 0 Å². The summed E-state index contributed by atoms with van der Waals surface area (Å²) >= 11 is 1.48. The Morgan fingerprint density at radius 2 is 1.94 bits per heavy atom. The number of nitrogens with one attached hydrogen (secondary N) is 2. The highest BCUT2D eigenvalue weighted by Crippen LogP contribution is 2.46. The largest absolute Gasteiger partial charge is 0.496 e. The maximum Gasteiger partial charge on any atom is 0.259 e. The SMILES string of the molecule is COc1ccc2c(O[C@@H]3C[C@H]4C(=O)N[C@]5(C(=O)NS(=O)(=O)C6CC6)C[C@H]5/C=C\CCCCCS(=O)(=O)N4C3)cc(-c3nc(C(C)C)cs3)nc2c1C. The number of methoxy groups -OCH3 is 1. The maximum absolute atomic E-state index is 14.2. The molecule has 4 heterocycles. The van der Waals surface area contributed by atoms with Gasteiger partial charge in [-0.3, -0.25) is 14.3 Å². The fourth-order valence-electron chi connectivity index (χ4n) is 7.12. The highest BCUT2D eigenvalue weighted by molar-refractivity contribution is 7.91. The van der Waals surface area contributed by atoms with Crippen molar-refractivity contribution in [3.63, 3.8) is 0 Å². The van der Waals surface area contributed by atoms with Crippen molar-refractivity contribution in [2.24, 2.45) is 5.92 Å². The van der Waals surface area contributed by atoms with Crippen molar-refractivity contribution >= 4 is 54.1 Å². The third-order valence-electron chi connectivity index (χ3n) is 10.5. The average molecular weight is 772 g/mol. The van der Waals surface area contributed by atoms with Crippen LogP contribution in [0.4, 0.5) is 0 Å². The molecule has 4 aliphatic rings. The normalized spacial score (nSPS) is 27.2. The fraction of sp³-hybridized carbons (Fsp3) is 0.556. The number of benzene rings is 1. The van der Waals surface area contributed by atoms with Crippen LogP contribution in [0, 0.1) is 12.8 Å². The van der Waals surface area contributed by atoms with Crippen LogP contribution in [0.1, 0.15) is 82.4 Å². The topological polar surface area (TPSA) is 174 Å². The van der Waals surface area contributed by atoms with Crippen LogP contribution >= 0.6 is 11.3 Å². The third kappa shape index (κ3) is 7.18. The summed E-state index contributed by atoms with van der Waals surface area (Å²) in [7, 11) is -6.20. The summed E-state index contributed by atoms with van der Waals surface area (Å²) in [6.45, 7) is 5.97. The molecule has 7 rings (SSSR count). The van der Waals surface area contributed by atoms with Crippen molar-refractivity contribution in [2.45, 2.75) is 101 Å². The van der Waals surface area contributed by atoms with E-state index in [1.165, 1.54) is 15.6 Å². The molecule has 0 bridgehead atoms. The Kier molecular flexibility index (Phi) is 9.89. The van der Waals surface area contributed by atoms with Gasteiger partial charge in [0.15, 0.2) is 0 Å². The Morgan fingerprint density at radius 1 is 1.15 bits per heavy atom. The predicted molar refractivity (Wildman–Crippen MR) is 198 cm³/mol. The lowest BCUT2D eigenvalue weighted by Gasteiger charge is -2.26. The number of carbonyl (C=O) groups excluding carboxylic acids is 2. The molecule has 52 heavy (non-hydrogen) atoms. The van der Waals surface area contributed by atoms with E-state index in [0.717, 1.165) is 17.7 Å². The van der Waals surface area contributed by atoms with Crippen LogP contribution in [0.2, 0.25) is 0 Å². The second kappa shape index (κ2) is 14.0. The van der Waals surface area contributed by atoms with Gasteiger partial charge < -0.3 is 14.8 Å². The number of hydrogen-bond donors (Lipinski definition) is 2. The van der Waals surface area contributed by atoms with Gasteiger partial charge in [-0.05, 0) is 63.5 Å². The number of nitrogens with zero attached hydrogens (tertiary/aromatic N) is 3. The lowest BCUT2D eigenvalue weighted by molar-refractivity contribution is -0.131. The van der Waals surface area contributed by atoms with Gasteiger partial charge in [-0.25, -0.2) is 26.8 Å². The van der Waals surface area contributed by atoms with Gasteiger partial charge in [-0.2, -0.15) is 4.31 Å². The molecule has 2 aliphatic heterocycles. The molecule has 0 radical (unpaired) electrons. The molecule has 2 aliphatic carbocycles. The number of hydrogen-bond acceptors (Lipinski definition) is 11. The molecule has 2 aromatic heterocycles. The van der Waals surface area contributed by atoms with Crippen molar-refractivity contribution in [1.29, 1.82) is 0 Å².